The van der Waals surface area contributed by atoms with Gasteiger partial charge in [0.25, 0.3) is 5.91 Å². The second-order valence-electron chi connectivity index (χ2n) is 7.49. The normalized spacial score (nSPS) is 11.5. The molecule has 1 atom stereocenters. The van der Waals surface area contributed by atoms with E-state index >= 15 is 0 Å². The third-order valence-electron chi connectivity index (χ3n) is 5.31. The van der Waals surface area contributed by atoms with Gasteiger partial charge in [0.2, 0.25) is 5.91 Å². The maximum absolute atomic E-state index is 13.4. The first-order chi connectivity index (χ1) is 15.5. The molecule has 3 aromatic carbocycles. The van der Waals surface area contributed by atoms with Gasteiger partial charge in [-0.25, -0.2) is 0 Å². The topological polar surface area (TPSA) is 58.6 Å². The number of nitrogens with one attached hydrogen (secondary N) is 1. The predicted octanol–water partition coefficient (Wildman–Crippen LogP) is 4.41. The summed E-state index contributed by atoms with van der Waals surface area (Å²) in [5, 5.41) is 3.14. The van der Waals surface area contributed by atoms with Crippen molar-refractivity contribution in [3.8, 4) is 5.75 Å². The molecule has 0 heterocycles. The lowest BCUT2D eigenvalue weighted by molar-refractivity contribution is -0.142. The number of rotatable bonds is 9. The molecule has 0 aliphatic heterocycles. The minimum Gasteiger partial charge on any atom is -0.482 e. The second kappa shape index (κ2) is 11.3. The van der Waals surface area contributed by atoms with Crippen LogP contribution in [0.2, 0.25) is 5.02 Å². The third-order valence-corrected chi connectivity index (χ3v) is 5.62. The lowest BCUT2D eigenvalue weighted by Gasteiger charge is -2.31. The number of halogens is 1. The highest BCUT2D eigenvalue weighted by Crippen LogP contribution is 2.23. The monoisotopic (exact) mass is 450 g/mol. The van der Waals surface area contributed by atoms with E-state index in [0.29, 0.717) is 23.7 Å². The van der Waals surface area contributed by atoms with Crippen LogP contribution in [0.5, 0.6) is 5.75 Å². The van der Waals surface area contributed by atoms with E-state index in [1.165, 1.54) is 0 Å². The second-order valence-corrected chi connectivity index (χ2v) is 7.89. The predicted molar refractivity (Wildman–Crippen MR) is 127 cm³/mol. The van der Waals surface area contributed by atoms with E-state index in [9.17, 15) is 9.59 Å². The molecule has 166 valence electrons. The molecule has 2 amide bonds. The van der Waals surface area contributed by atoms with Crippen molar-refractivity contribution in [3.63, 3.8) is 0 Å². The molecule has 0 aliphatic rings. The maximum atomic E-state index is 13.4. The van der Waals surface area contributed by atoms with Crippen LogP contribution in [-0.2, 0) is 22.6 Å². The molecule has 0 saturated heterocycles. The van der Waals surface area contributed by atoms with E-state index in [-0.39, 0.29) is 18.4 Å². The minimum atomic E-state index is -0.690. The van der Waals surface area contributed by atoms with E-state index in [0.717, 1.165) is 16.7 Å². The first-order valence-electron chi connectivity index (χ1n) is 10.5. The minimum absolute atomic E-state index is 0.224. The first-order valence-corrected chi connectivity index (χ1v) is 10.8. The Balaban J connectivity index is 1.89. The average Bonchev–Trinajstić information content (AvgIpc) is 2.82. The summed E-state index contributed by atoms with van der Waals surface area (Å²) in [7, 11) is 1.58. The van der Waals surface area contributed by atoms with Gasteiger partial charge in [-0.2, -0.15) is 0 Å². The Morgan fingerprint density at radius 3 is 2.31 bits per heavy atom. The summed E-state index contributed by atoms with van der Waals surface area (Å²) in [5.74, 6) is -0.0934. The SMILES string of the molecule is CNC(=O)[C@H](Cc1ccccc1)N(Cc1ccccc1C)C(=O)COc1ccccc1Cl. The van der Waals surface area contributed by atoms with Crippen molar-refractivity contribution in [2.24, 2.45) is 0 Å². The van der Waals surface area contributed by atoms with Crippen LogP contribution in [0.1, 0.15) is 16.7 Å². The van der Waals surface area contributed by atoms with Crippen LogP contribution < -0.4 is 10.1 Å². The van der Waals surface area contributed by atoms with Crippen molar-refractivity contribution in [2.75, 3.05) is 13.7 Å². The zero-order valence-electron chi connectivity index (χ0n) is 18.3. The molecule has 0 saturated carbocycles. The van der Waals surface area contributed by atoms with Crippen molar-refractivity contribution in [1.29, 1.82) is 0 Å². The summed E-state index contributed by atoms with van der Waals surface area (Å²) < 4.78 is 5.71. The summed E-state index contributed by atoms with van der Waals surface area (Å²) in [4.78, 5) is 27.9. The summed E-state index contributed by atoms with van der Waals surface area (Å²) in [5.41, 5.74) is 2.99. The fourth-order valence-corrected chi connectivity index (χ4v) is 3.67. The average molecular weight is 451 g/mol. The number of para-hydroxylation sites is 1. The Labute approximate surface area is 194 Å². The van der Waals surface area contributed by atoms with Gasteiger partial charge >= 0.3 is 0 Å². The third kappa shape index (κ3) is 6.11. The number of nitrogens with zero attached hydrogens (tertiary/aromatic N) is 1. The molecular formula is C26H27ClN2O3. The van der Waals surface area contributed by atoms with Crippen LogP contribution in [-0.4, -0.2) is 36.4 Å². The number of hydrogen-bond acceptors (Lipinski definition) is 3. The molecule has 0 bridgehead atoms. The molecule has 0 spiro atoms. The van der Waals surface area contributed by atoms with Crippen LogP contribution in [0.15, 0.2) is 78.9 Å². The van der Waals surface area contributed by atoms with E-state index in [4.69, 9.17) is 16.3 Å². The van der Waals surface area contributed by atoms with Gasteiger partial charge in [0, 0.05) is 20.0 Å². The molecule has 0 aromatic heterocycles. The van der Waals surface area contributed by atoms with E-state index in [1.54, 1.807) is 36.2 Å². The molecule has 3 aromatic rings. The lowest BCUT2D eigenvalue weighted by Crippen LogP contribution is -2.51. The van der Waals surface area contributed by atoms with Crippen LogP contribution in [0.4, 0.5) is 0 Å². The van der Waals surface area contributed by atoms with Gasteiger partial charge in [0.15, 0.2) is 6.61 Å². The van der Waals surface area contributed by atoms with Crippen LogP contribution in [0, 0.1) is 6.92 Å². The number of carbonyl (C=O) groups is 2. The lowest BCUT2D eigenvalue weighted by atomic mass is 10.0. The number of ether oxygens (including phenoxy) is 1. The van der Waals surface area contributed by atoms with Gasteiger partial charge in [-0.15, -0.1) is 0 Å². The summed E-state index contributed by atoms with van der Waals surface area (Å²) in [6, 6.07) is 23.8. The quantitative estimate of drug-likeness (QED) is 0.525. The number of benzene rings is 3. The highest BCUT2D eigenvalue weighted by atomic mass is 35.5. The highest BCUT2D eigenvalue weighted by molar-refractivity contribution is 6.32. The Kier molecular flexibility index (Phi) is 8.28. The standard InChI is InChI=1S/C26H27ClN2O3/c1-19-10-6-7-13-21(19)17-29(25(30)18-32-24-15-9-8-14-22(24)27)23(26(31)28-2)16-20-11-4-3-5-12-20/h3-15,23H,16-18H2,1-2H3,(H,28,31)/t23-/m0/s1. The highest BCUT2D eigenvalue weighted by Gasteiger charge is 2.30. The van der Waals surface area contributed by atoms with Gasteiger partial charge in [0.1, 0.15) is 11.8 Å². The molecular weight excluding hydrogens is 424 g/mol. The number of aryl methyl sites for hydroxylation is 1. The largest absolute Gasteiger partial charge is 0.482 e. The number of carbonyl (C=O) groups excluding carboxylic acids is 2. The zero-order chi connectivity index (χ0) is 22.9. The molecule has 32 heavy (non-hydrogen) atoms. The molecule has 1 N–H and O–H groups in total. The van der Waals surface area contributed by atoms with Crippen LogP contribution in [0.3, 0.4) is 0 Å². The van der Waals surface area contributed by atoms with Crippen molar-refractivity contribution < 1.29 is 14.3 Å². The molecule has 3 rings (SSSR count). The maximum Gasteiger partial charge on any atom is 0.261 e. The van der Waals surface area contributed by atoms with Crippen LogP contribution in [0.25, 0.3) is 0 Å². The van der Waals surface area contributed by atoms with E-state index in [2.05, 4.69) is 5.32 Å². The van der Waals surface area contributed by atoms with Gasteiger partial charge in [0.05, 0.1) is 5.02 Å². The molecule has 0 radical (unpaired) electrons. The van der Waals surface area contributed by atoms with Crippen molar-refractivity contribution >= 4 is 23.4 Å². The Bertz CT molecular complexity index is 1060. The Morgan fingerprint density at radius 2 is 1.62 bits per heavy atom. The van der Waals surface area contributed by atoms with E-state index < -0.39 is 6.04 Å². The first kappa shape index (κ1) is 23.4. The molecule has 0 unspecified atom stereocenters. The number of likely N-dealkylation sites (N-methyl/N-ethyl adjacent to an activating group) is 1. The fraction of sp³-hybridized carbons (Fsp3) is 0.231. The Hall–Kier alpha value is -3.31. The zero-order valence-corrected chi connectivity index (χ0v) is 19.0. The fourth-order valence-electron chi connectivity index (χ4n) is 3.48. The van der Waals surface area contributed by atoms with Gasteiger partial charge in [-0.3, -0.25) is 9.59 Å². The van der Waals surface area contributed by atoms with Gasteiger partial charge < -0.3 is 15.0 Å². The summed E-state index contributed by atoms with van der Waals surface area (Å²) in [6.07, 6.45) is 0.393. The molecule has 0 fully saturated rings. The van der Waals surface area contributed by atoms with Crippen molar-refractivity contribution in [2.45, 2.75) is 25.9 Å². The van der Waals surface area contributed by atoms with Gasteiger partial charge in [-0.1, -0.05) is 78.3 Å². The Morgan fingerprint density at radius 1 is 0.969 bits per heavy atom. The smallest absolute Gasteiger partial charge is 0.261 e. The summed E-state index contributed by atoms with van der Waals surface area (Å²) in [6.45, 7) is 2.06. The van der Waals surface area contributed by atoms with Gasteiger partial charge in [-0.05, 0) is 35.7 Å². The van der Waals surface area contributed by atoms with Crippen molar-refractivity contribution in [3.05, 3.63) is 101 Å². The summed E-state index contributed by atoms with van der Waals surface area (Å²) >= 11 is 6.17. The van der Waals surface area contributed by atoms with E-state index in [1.807, 2.05) is 61.5 Å². The number of amides is 2. The number of hydrogen-bond donors (Lipinski definition) is 1. The molecule has 5 nitrogen and oxygen atoms in total. The molecule has 0 aliphatic carbocycles. The van der Waals surface area contributed by atoms with Crippen molar-refractivity contribution in [1.82, 2.24) is 10.2 Å². The molecule has 6 heteroatoms. The van der Waals surface area contributed by atoms with Crippen LogP contribution >= 0.6 is 11.6 Å².